The summed E-state index contributed by atoms with van der Waals surface area (Å²) in [5.41, 5.74) is -0.210. The number of hydrogen-bond donors (Lipinski definition) is 1. The first-order chi connectivity index (χ1) is 8.22. The molecule has 0 radical (unpaired) electrons. The molecule has 0 aromatic heterocycles. The first kappa shape index (κ1) is 14.8. The molecule has 5 nitrogen and oxygen atoms in total. The van der Waals surface area contributed by atoms with Crippen molar-refractivity contribution in [2.45, 2.75) is 52.1 Å². The second-order valence-corrected chi connectivity index (χ2v) is 5.67. The highest BCUT2D eigenvalue weighted by atomic mass is 16.4. The lowest BCUT2D eigenvalue weighted by Crippen LogP contribution is -2.52. The van der Waals surface area contributed by atoms with E-state index in [2.05, 4.69) is 0 Å². The smallest absolute Gasteiger partial charge is 0.320 e. The fourth-order valence-corrected chi connectivity index (χ4v) is 2.23. The maximum absolute atomic E-state index is 12.4. The summed E-state index contributed by atoms with van der Waals surface area (Å²) in [6.45, 7) is 8.41. The molecule has 0 aromatic rings. The minimum Gasteiger partial charge on any atom is -0.481 e. The minimum atomic E-state index is -0.810. The number of likely N-dealkylation sites (tertiary alicyclic amines) is 1. The van der Waals surface area contributed by atoms with Crippen molar-refractivity contribution in [3.8, 4) is 0 Å². The monoisotopic (exact) mass is 256 g/mol. The highest BCUT2D eigenvalue weighted by Gasteiger charge is 2.40. The van der Waals surface area contributed by atoms with E-state index in [4.69, 9.17) is 5.11 Å². The Labute approximate surface area is 109 Å². The lowest BCUT2D eigenvalue weighted by atomic mass is 10.00. The van der Waals surface area contributed by atoms with Crippen LogP contribution < -0.4 is 0 Å². The van der Waals surface area contributed by atoms with Gasteiger partial charge in [-0.05, 0) is 33.6 Å². The van der Waals surface area contributed by atoms with Gasteiger partial charge in [0, 0.05) is 25.2 Å². The zero-order chi connectivity index (χ0) is 14.1. The van der Waals surface area contributed by atoms with Crippen molar-refractivity contribution in [1.82, 2.24) is 9.80 Å². The van der Waals surface area contributed by atoms with Crippen LogP contribution in [0.2, 0.25) is 0 Å². The maximum atomic E-state index is 12.4. The van der Waals surface area contributed by atoms with Crippen LogP contribution in [0.4, 0.5) is 4.79 Å². The van der Waals surface area contributed by atoms with E-state index in [9.17, 15) is 9.59 Å². The molecule has 0 bridgehead atoms. The van der Waals surface area contributed by atoms with Gasteiger partial charge in [0.25, 0.3) is 0 Å². The molecule has 1 N–H and O–H groups in total. The SMILES string of the molecule is CCC(C)(C)N(C)C(=O)N1CCC(C(=O)O)C1C. The van der Waals surface area contributed by atoms with E-state index in [1.54, 1.807) is 16.8 Å². The second-order valence-electron chi connectivity index (χ2n) is 5.67. The molecule has 1 rings (SSSR count). The number of carboxylic acids is 1. The second kappa shape index (κ2) is 5.16. The summed E-state index contributed by atoms with van der Waals surface area (Å²) in [4.78, 5) is 26.8. The van der Waals surface area contributed by atoms with Gasteiger partial charge in [0.05, 0.1) is 5.92 Å². The minimum absolute atomic E-state index is 0.0712. The van der Waals surface area contributed by atoms with Gasteiger partial charge in [-0.2, -0.15) is 0 Å². The molecule has 1 heterocycles. The quantitative estimate of drug-likeness (QED) is 0.840. The van der Waals surface area contributed by atoms with Gasteiger partial charge >= 0.3 is 12.0 Å². The van der Waals surface area contributed by atoms with Crippen LogP contribution in [-0.2, 0) is 4.79 Å². The van der Waals surface area contributed by atoms with Crippen LogP contribution in [-0.4, -0.2) is 52.1 Å². The topological polar surface area (TPSA) is 60.9 Å². The maximum Gasteiger partial charge on any atom is 0.320 e. The molecule has 2 atom stereocenters. The molecular weight excluding hydrogens is 232 g/mol. The molecule has 104 valence electrons. The molecule has 1 aliphatic rings. The summed E-state index contributed by atoms with van der Waals surface area (Å²) in [5.74, 6) is -1.25. The molecule has 2 amide bonds. The van der Waals surface area contributed by atoms with Crippen molar-refractivity contribution in [3.05, 3.63) is 0 Å². The van der Waals surface area contributed by atoms with Gasteiger partial charge in [-0.3, -0.25) is 4.79 Å². The standard InChI is InChI=1S/C13H24N2O3/c1-6-13(3,4)14(5)12(18)15-8-7-10(9(15)2)11(16)17/h9-10H,6-8H2,1-5H3,(H,16,17). The highest BCUT2D eigenvalue weighted by Crippen LogP contribution is 2.27. The predicted molar refractivity (Wildman–Crippen MR) is 69.4 cm³/mol. The van der Waals surface area contributed by atoms with Crippen LogP contribution >= 0.6 is 0 Å². The van der Waals surface area contributed by atoms with Gasteiger partial charge in [0.2, 0.25) is 0 Å². The average Bonchev–Trinajstić information content (AvgIpc) is 2.69. The highest BCUT2D eigenvalue weighted by molar-refractivity contribution is 5.78. The van der Waals surface area contributed by atoms with Crippen molar-refractivity contribution in [1.29, 1.82) is 0 Å². The van der Waals surface area contributed by atoms with Crippen LogP contribution in [0, 0.1) is 5.92 Å². The van der Waals surface area contributed by atoms with E-state index in [-0.39, 0.29) is 17.6 Å². The normalized spacial score (nSPS) is 24.2. The number of aliphatic carboxylic acids is 1. The van der Waals surface area contributed by atoms with E-state index in [1.165, 1.54) is 0 Å². The van der Waals surface area contributed by atoms with Crippen LogP contribution in [0.5, 0.6) is 0 Å². The number of carbonyl (C=O) groups excluding carboxylic acids is 1. The van der Waals surface area contributed by atoms with Gasteiger partial charge in [-0.25, -0.2) is 4.79 Å². The van der Waals surface area contributed by atoms with Gasteiger partial charge in [-0.15, -0.1) is 0 Å². The van der Waals surface area contributed by atoms with Crippen LogP contribution in [0.1, 0.15) is 40.5 Å². The zero-order valence-electron chi connectivity index (χ0n) is 11.9. The molecule has 0 spiro atoms. The van der Waals surface area contributed by atoms with E-state index in [0.717, 1.165) is 6.42 Å². The van der Waals surface area contributed by atoms with Gasteiger partial charge < -0.3 is 14.9 Å². The number of hydrogen-bond acceptors (Lipinski definition) is 2. The number of amides is 2. The third-order valence-electron chi connectivity index (χ3n) is 4.38. The van der Waals surface area contributed by atoms with Crippen LogP contribution in [0.3, 0.4) is 0 Å². The molecule has 0 aliphatic carbocycles. The van der Waals surface area contributed by atoms with Crippen molar-refractivity contribution in [2.75, 3.05) is 13.6 Å². The lowest BCUT2D eigenvalue weighted by Gasteiger charge is -2.38. The van der Waals surface area contributed by atoms with Crippen LogP contribution in [0.25, 0.3) is 0 Å². The van der Waals surface area contributed by atoms with E-state index in [0.29, 0.717) is 13.0 Å². The number of carboxylic acid groups (broad SMARTS) is 1. The third kappa shape index (κ3) is 2.60. The van der Waals surface area contributed by atoms with Crippen molar-refractivity contribution in [3.63, 3.8) is 0 Å². The first-order valence-electron chi connectivity index (χ1n) is 6.49. The summed E-state index contributed by atoms with van der Waals surface area (Å²) in [6.07, 6.45) is 1.41. The zero-order valence-corrected chi connectivity index (χ0v) is 11.9. The van der Waals surface area contributed by atoms with E-state index in [1.807, 2.05) is 27.7 Å². The average molecular weight is 256 g/mol. The van der Waals surface area contributed by atoms with Gasteiger partial charge in [-0.1, -0.05) is 6.92 Å². The molecule has 18 heavy (non-hydrogen) atoms. The fraction of sp³-hybridized carbons (Fsp3) is 0.846. The molecule has 1 fully saturated rings. The predicted octanol–water partition coefficient (Wildman–Crippen LogP) is 2.02. The number of carbonyl (C=O) groups is 2. The summed E-state index contributed by atoms with van der Waals surface area (Å²) in [7, 11) is 1.78. The fourth-order valence-electron chi connectivity index (χ4n) is 2.23. The Balaban J connectivity index is 2.78. The Morgan fingerprint density at radius 1 is 1.44 bits per heavy atom. The molecule has 2 unspecified atom stereocenters. The van der Waals surface area contributed by atoms with Gasteiger partial charge in [0.15, 0.2) is 0 Å². The summed E-state index contributed by atoms with van der Waals surface area (Å²) >= 11 is 0. The number of nitrogens with zero attached hydrogens (tertiary/aromatic N) is 2. The Morgan fingerprint density at radius 2 is 2.00 bits per heavy atom. The largest absolute Gasteiger partial charge is 0.481 e. The summed E-state index contributed by atoms with van der Waals surface area (Å²) in [6, 6.07) is -0.303. The van der Waals surface area contributed by atoms with Gasteiger partial charge in [0.1, 0.15) is 0 Å². The van der Waals surface area contributed by atoms with Crippen molar-refractivity contribution in [2.24, 2.45) is 5.92 Å². The third-order valence-corrected chi connectivity index (χ3v) is 4.38. The summed E-state index contributed by atoms with van der Waals surface area (Å²) in [5, 5.41) is 9.08. The summed E-state index contributed by atoms with van der Waals surface area (Å²) < 4.78 is 0. The molecule has 0 saturated carbocycles. The first-order valence-corrected chi connectivity index (χ1v) is 6.49. The molecule has 1 saturated heterocycles. The van der Waals surface area contributed by atoms with Crippen molar-refractivity contribution < 1.29 is 14.7 Å². The van der Waals surface area contributed by atoms with Crippen LogP contribution in [0.15, 0.2) is 0 Å². The van der Waals surface area contributed by atoms with Crippen molar-refractivity contribution >= 4 is 12.0 Å². The van der Waals surface area contributed by atoms with E-state index < -0.39 is 11.9 Å². The molecule has 1 aliphatic heterocycles. The number of urea groups is 1. The Kier molecular flexibility index (Phi) is 4.24. The number of rotatable bonds is 3. The van der Waals surface area contributed by atoms with E-state index >= 15 is 0 Å². The molecule has 5 heteroatoms. The molecule has 0 aromatic carbocycles. The Morgan fingerprint density at radius 3 is 2.39 bits per heavy atom. The lowest BCUT2D eigenvalue weighted by molar-refractivity contribution is -0.142. The Bertz CT molecular complexity index is 341. The molecular formula is C13H24N2O3. The Hall–Kier alpha value is -1.26.